The van der Waals surface area contributed by atoms with Gasteiger partial charge in [0.2, 0.25) is 0 Å². The molecule has 0 spiro atoms. The molecule has 0 amide bonds. The maximum Gasteiger partial charge on any atom is 0.172 e. The molecule has 0 fully saturated rings. The smallest absolute Gasteiger partial charge is 0.172 e. The minimum absolute atomic E-state index is 0.736. The summed E-state index contributed by atoms with van der Waals surface area (Å²) in [5.41, 5.74) is 3.82. The van der Waals surface area contributed by atoms with Gasteiger partial charge in [-0.25, -0.2) is 0 Å². The number of benzene rings is 2. The van der Waals surface area contributed by atoms with Gasteiger partial charge in [-0.3, -0.25) is 4.40 Å². The summed E-state index contributed by atoms with van der Waals surface area (Å²) < 4.78 is 13.7. The molecule has 0 saturated carbocycles. The Kier molecular flexibility index (Phi) is 4.34. The van der Waals surface area contributed by atoms with Gasteiger partial charge in [-0.1, -0.05) is 28.1 Å². The van der Waals surface area contributed by atoms with E-state index in [2.05, 4.69) is 26.1 Å². The summed E-state index contributed by atoms with van der Waals surface area (Å²) in [5, 5.41) is 8.64. The predicted molar refractivity (Wildman–Crippen MR) is 105 cm³/mol. The second kappa shape index (κ2) is 6.80. The molecule has 26 heavy (non-hydrogen) atoms. The largest absolute Gasteiger partial charge is 0.497 e. The highest BCUT2D eigenvalue weighted by atomic mass is 79.9. The molecule has 0 N–H and O–H groups in total. The zero-order valence-corrected chi connectivity index (χ0v) is 15.9. The normalized spacial score (nSPS) is 10.9. The van der Waals surface area contributed by atoms with Gasteiger partial charge in [-0.15, -0.1) is 10.2 Å². The quantitative estimate of drug-likeness (QED) is 0.483. The van der Waals surface area contributed by atoms with Gasteiger partial charge in [0.15, 0.2) is 11.5 Å². The van der Waals surface area contributed by atoms with Crippen molar-refractivity contribution in [3.8, 4) is 34.0 Å². The number of halogens is 1. The van der Waals surface area contributed by atoms with Crippen LogP contribution >= 0.6 is 15.9 Å². The van der Waals surface area contributed by atoms with Crippen LogP contribution in [0.1, 0.15) is 0 Å². The molecule has 0 aliphatic rings. The lowest BCUT2D eigenvalue weighted by atomic mass is 10.1. The molecule has 0 aliphatic carbocycles. The Hall–Kier alpha value is -2.86. The van der Waals surface area contributed by atoms with Crippen molar-refractivity contribution in [2.45, 2.75) is 0 Å². The maximum absolute atomic E-state index is 5.51. The molecule has 0 radical (unpaired) electrons. The molecule has 0 atom stereocenters. The highest BCUT2D eigenvalue weighted by Gasteiger charge is 2.14. The molecular weight excluding hydrogens is 394 g/mol. The summed E-state index contributed by atoms with van der Waals surface area (Å²) in [6, 6.07) is 17.8. The Morgan fingerprint density at radius 3 is 2.35 bits per heavy atom. The number of rotatable bonds is 4. The van der Waals surface area contributed by atoms with Crippen molar-refractivity contribution in [2.24, 2.45) is 0 Å². The Morgan fingerprint density at radius 1 is 0.846 bits per heavy atom. The number of nitrogens with zero attached hydrogens (tertiary/aromatic N) is 3. The average Bonchev–Trinajstić information content (AvgIpc) is 3.11. The van der Waals surface area contributed by atoms with Crippen molar-refractivity contribution in [2.75, 3.05) is 14.2 Å². The lowest BCUT2D eigenvalue weighted by Crippen LogP contribution is -1.94. The SMILES string of the molecule is COc1ccc(-c2ccc3nnc(-c4ccc(Br)cc4OC)n3c2)cc1. The Labute approximate surface area is 159 Å². The molecule has 130 valence electrons. The summed E-state index contributed by atoms with van der Waals surface area (Å²) in [4.78, 5) is 0. The van der Waals surface area contributed by atoms with Gasteiger partial charge < -0.3 is 9.47 Å². The Morgan fingerprint density at radius 2 is 1.62 bits per heavy atom. The van der Waals surface area contributed by atoms with Crippen LogP contribution in [0.3, 0.4) is 0 Å². The van der Waals surface area contributed by atoms with E-state index in [1.807, 2.05) is 65.2 Å². The van der Waals surface area contributed by atoms with Gasteiger partial charge >= 0.3 is 0 Å². The average molecular weight is 410 g/mol. The van der Waals surface area contributed by atoms with Gasteiger partial charge in [0.25, 0.3) is 0 Å². The van der Waals surface area contributed by atoms with Crippen molar-refractivity contribution in [1.82, 2.24) is 14.6 Å². The topological polar surface area (TPSA) is 48.7 Å². The zero-order chi connectivity index (χ0) is 18.1. The van der Waals surface area contributed by atoms with Gasteiger partial charge in [0, 0.05) is 10.7 Å². The molecule has 2 aromatic heterocycles. The minimum atomic E-state index is 0.736. The third-order valence-electron chi connectivity index (χ3n) is 4.23. The molecule has 0 bridgehead atoms. The van der Waals surface area contributed by atoms with Crippen LogP contribution in [-0.2, 0) is 0 Å². The van der Waals surface area contributed by atoms with E-state index in [9.17, 15) is 0 Å². The van der Waals surface area contributed by atoms with Gasteiger partial charge in [-0.05, 0) is 53.6 Å². The number of ether oxygens (including phenoxy) is 2. The Balaban J connectivity index is 1.85. The molecular formula is C20H16BrN3O2. The van der Waals surface area contributed by atoms with E-state index >= 15 is 0 Å². The number of fused-ring (bicyclic) bond motifs is 1. The van der Waals surface area contributed by atoms with E-state index in [4.69, 9.17) is 9.47 Å². The van der Waals surface area contributed by atoms with Crippen molar-refractivity contribution < 1.29 is 9.47 Å². The first-order valence-electron chi connectivity index (χ1n) is 8.03. The second-order valence-electron chi connectivity index (χ2n) is 5.74. The predicted octanol–water partition coefficient (Wildman–Crippen LogP) is 4.84. The first-order valence-corrected chi connectivity index (χ1v) is 8.82. The lowest BCUT2D eigenvalue weighted by Gasteiger charge is -2.09. The van der Waals surface area contributed by atoms with Crippen LogP contribution in [0, 0.1) is 0 Å². The number of hydrogen-bond donors (Lipinski definition) is 0. The molecule has 0 aliphatic heterocycles. The van der Waals surface area contributed by atoms with E-state index in [1.165, 1.54) is 0 Å². The summed E-state index contributed by atoms with van der Waals surface area (Å²) in [7, 11) is 3.31. The van der Waals surface area contributed by atoms with Crippen molar-refractivity contribution in [3.63, 3.8) is 0 Å². The summed E-state index contributed by atoms with van der Waals surface area (Å²) in [6.45, 7) is 0. The third kappa shape index (κ3) is 2.93. The van der Waals surface area contributed by atoms with Crippen LogP contribution in [-0.4, -0.2) is 28.8 Å². The van der Waals surface area contributed by atoms with Crippen molar-refractivity contribution in [3.05, 3.63) is 65.3 Å². The lowest BCUT2D eigenvalue weighted by molar-refractivity contribution is 0.415. The number of methoxy groups -OCH3 is 2. The molecule has 2 heterocycles. The fourth-order valence-corrected chi connectivity index (χ4v) is 3.22. The van der Waals surface area contributed by atoms with Gasteiger partial charge in [0.05, 0.1) is 19.8 Å². The zero-order valence-electron chi connectivity index (χ0n) is 14.3. The first-order chi connectivity index (χ1) is 12.7. The first kappa shape index (κ1) is 16.6. The minimum Gasteiger partial charge on any atom is -0.497 e. The van der Waals surface area contributed by atoms with Crippen LogP contribution in [0.5, 0.6) is 11.5 Å². The molecule has 5 nitrogen and oxygen atoms in total. The summed E-state index contributed by atoms with van der Waals surface area (Å²) >= 11 is 3.47. The van der Waals surface area contributed by atoms with Crippen molar-refractivity contribution in [1.29, 1.82) is 0 Å². The summed E-state index contributed by atoms with van der Waals surface area (Å²) in [6.07, 6.45) is 2.04. The van der Waals surface area contributed by atoms with Crippen LogP contribution in [0.4, 0.5) is 0 Å². The van der Waals surface area contributed by atoms with Gasteiger partial charge in [0.1, 0.15) is 11.5 Å². The number of aromatic nitrogens is 3. The maximum atomic E-state index is 5.51. The molecule has 6 heteroatoms. The highest BCUT2D eigenvalue weighted by Crippen LogP contribution is 2.32. The van der Waals surface area contributed by atoms with E-state index in [0.717, 1.165) is 44.1 Å². The fraction of sp³-hybridized carbons (Fsp3) is 0.100. The van der Waals surface area contributed by atoms with E-state index in [1.54, 1.807) is 14.2 Å². The van der Waals surface area contributed by atoms with Crippen LogP contribution in [0.15, 0.2) is 65.3 Å². The standard InChI is InChI=1S/C20H16BrN3O2/c1-25-16-7-3-13(4-8-16)14-5-10-19-22-23-20(24(19)12-14)17-9-6-15(21)11-18(17)26-2/h3-12H,1-2H3. The summed E-state index contributed by atoms with van der Waals surface area (Å²) in [5.74, 6) is 2.31. The number of hydrogen-bond acceptors (Lipinski definition) is 4. The molecule has 2 aromatic carbocycles. The molecule has 0 unspecified atom stereocenters. The third-order valence-corrected chi connectivity index (χ3v) is 4.72. The fourth-order valence-electron chi connectivity index (χ4n) is 2.88. The van der Waals surface area contributed by atoms with E-state index in [0.29, 0.717) is 0 Å². The van der Waals surface area contributed by atoms with Crippen LogP contribution in [0.25, 0.3) is 28.2 Å². The van der Waals surface area contributed by atoms with E-state index in [-0.39, 0.29) is 0 Å². The monoisotopic (exact) mass is 409 g/mol. The van der Waals surface area contributed by atoms with Crippen LogP contribution < -0.4 is 9.47 Å². The van der Waals surface area contributed by atoms with Crippen molar-refractivity contribution >= 4 is 21.6 Å². The molecule has 0 saturated heterocycles. The van der Waals surface area contributed by atoms with Gasteiger partial charge in [-0.2, -0.15) is 0 Å². The Bertz CT molecular complexity index is 1070. The van der Waals surface area contributed by atoms with E-state index < -0.39 is 0 Å². The molecule has 4 rings (SSSR count). The highest BCUT2D eigenvalue weighted by molar-refractivity contribution is 9.10. The second-order valence-corrected chi connectivity index (χ2v) is 6.66. The molecule has 4 aromatic rings. The van der Waals surface area contributed by atoms with Crippen LogP contribution in [0.2, 0.25) is 0 Å². The number of pyridine rings is 1.